The molecule has 0 spiro atoms. The van der Waals surface area contributed by atoms with Crippen LogP contribution in [-0.2, 0) is 0 Å². The van der Waals surface area contributed by atoms with Crippen molar-refractivity contribution < 1.29 is 19.4 Å². The number of aliphatic hydroxyl groups excluding tert-OH is 1. The van der Waals surface area contributed by atoms with Crippen molar-refractivity contribution in [1.29, 1.82) is 0 Å². The van der Waals surface area contributed by atoms with E-state index in [1.54, 1.807) is 0 Å². The van der Waals surface area contributed by atoms with Gasteiger partial charge in [0, 0.05) is 57.4 Å². The van der Waals surface area contributed by atoms with Crippen molar-refractivity contribution in [2.24, 2.45) is 0 Å². The molecule has 0 aliphatic carbocycles. The Balaban J connectivity index is 1.13. The highest BCUT2D eigenvalue weighted by Gasteiger charge is 2.43. The van der Waals surface area contributed by atoms with Gasteiger partial charge in [0.1, 0.15) is 5.75 Å². The molecule has 4 aliphatic heterocycles. The predicted molar refractivity (Wildman–Crippen MR) is 134 cm³/mol. The number of nitrogens with one attached hydrogen (secondary N) is 1. The van der Waals surface area contributed by atoms with Crippen molar-refractivity contribution in [2.75, 3.05) is 50.8 Å². The van der Waals surface area contributed by atoms with Gasteiger partial charge in [-0.25, -0.2) is 9.59 Å². The number of nitrogens with zero attached hydrogens (tertiary/aromatic N) is 4. The molecule has 4 fully saturated rings. The van der Waals surface area contributed by atoms with E-state index >= 15 is 0 Å². The summed E-state index contributed by atoms with van der Waals surface area (Å²) >= 11 is 0. The molecule has 0 radical (unpaired) electrons. The zero-order chi connectivity index (χ0) is 24.4. The third-order valence-electron chi connectivity index (χ3n) is 8.02. The fourth-order valence-electron chi connectivity index (χ4n) is 6.33. The lowest BCUT2D eigenvalue weighted by atomic mass is 10.0. The van der Waals surface area contributed by atoms with Crippen molar-refractivity contribution >= 4 is 17.7 Å². The number of carbonyl (C=O) groups excluding carboxylic acids is 2. The van der Waals surface area contributed by atoms with E-state index in [1.807, 2.05) is 39.8 Å². The molecule has 4 heterocycles. The van der Waals surface area contributed by atoms with Crippen LogP contribution in [0, 0.1) is 0 Å². The van der Waals surface area contributed by atoms with E-state index in [2.05, 4.69) is 16.3 Å². The normalized spacial score (nSPS) is 28.7. The molecule has 2 bridgehead atoms. The molecule has 9 heteroatoms. The first kappa shape index (κ1) is 24.0. The number of carbonyl (C=O) groups is 2. The van der Waals surface area contributed by atoms with Crippen molar-refractivity contribution in [1.82, 2.24) is 20.0 Å². The SMILES string of the molecule is CCOc1ccccc1N1CCN(C(=O)N2CCC[C@H](NC(=O)N3[C@@H]4CC[C@H]3CC(O)C4)C2)CC1. The van der Waals surface area contributed by atoms with E-state index < -0.39 is 0 Å². The minimum absolute atomic E-state index is 0.0224. The summed E-state index contributed by atoms with van der Waals surface area (Å²) in [5, 5.41) is 13.2. The van der Waals surface area contributed by atoms with Gasteiger partial charge in [-0.15, -0.1) is 0 Å². The van der Waals surface area contributed by atoms with Gasteiger partial charge in [-0.05, 0) is 57.6 Å². The number of hydrogen-bond donors (Lipinski definition) is 2. The van der Waals surface area contributed by atoms with E-state index in [0.717, 1.165) is 56.8 Å². The van der Waals surface area contributed by atoms with Crippen LogP contribution in [0.1, 0.15) is 45.4 Å². The lowest BCUT2D eigenvalue weighted by Crippen LogP contribution is -2.59. The fourth-order valence-corrected chi connectivity index (χ4v) is 6.33. The van der Waals surface area contributed by atoms with Crippen LogP contribution < -0.4 is 15.0 Å². The smallest absolute Gasteiger partial charge is 0.320 e. The third-order valence-corrected chi connectivity index (χ3v) is 8.02. The second-order valence-electron chi connectivity index (χ2n) is 10.3. The largest absolute Gasteiger partial charge is 0.492 e. The van der Waals surface area contributed by atoms with Crippen LogP contribution in [0.4, 0.5) is 15.3 Å². The first-order valence-electron chi connectivity index (χ1n) is 13.3. The summed E-state index contributed by atoms with van der Waals surface area (Å²) in [5.74, 6) is 0.890. The molecule has 1 aromatic rings. The highest BCUT2D eigenvalue weighted by atomic mass is 16.5. The summed E-state index contributed by atoms with van der Waals surface area (Å²) in [7, 11) is 0. The Morgan fingerprint density at radius 1 is 1.00 bits per heavy atom. The van der Waals surface area contributed by atoms with E-state index in [0.29, 0.717) is 39.1 Å². The predicted octanol–water partition coefficient (Wildman–Crippen LogP) is 2.49. The molecule has 0 saturated carbocycles. The monoisotopic (exact) mass is 485 g/mol. The quantitative estimate of drug-likeness (QED) is 0.684. The van der Waals surface area contributed by atoms with E-state index in [4.69, 9.17) is 4.74 Å². The lowest BCUT2D eigenvalue weighted by molar-refractivity contribution is 0.0522. The standard InChI is InChI=1S/C26H39N5O4/c1-2-35-24-8-4-3-7-23(24)28-12-14-29(15-13-28)26(34)30-11-5-6-19(18-30)27-25(33)31-20-9-10-21(31)17-22(32)16-20/h3-4,7-8,19-22,32H,2,5-6,9-18H2,1H3,(H,27,33)/t19-,20-,21+,22?/m0/s1. The maximum Gasteiger partial charge on any atom is 0.320 e. The first-order valence-corrected chi connectivity index (χ1v) is 13.3. The summed E-state index contributed by atoms with van der Waals surface area (Å²) in [4.78, 5) is 34.5. The number of ether oxygens (including phenoxy) is 1. The van der Waals surface area contributed by atoms with Gasteiger partial charge >= 0.3 is 12.1 Å². The lowest BCUT2D eigenvalue weighted by Gasteiger charge is -2.42. The topological polar surface area (TPSA) is 88.6 Å². The molecule has 9 nitrogen and oxygen atoms in total. The number of benzene rings is 1. The number of para-hydroxylation sites is 2. The molecule has 1 aromatic carbocycles. The summed E-state index contributed by atoms with van der Waals surface area (Å²) in [6, 6.07) is 8.40. The van der Waals surface area contributed by atoms with Crippen LogP contribution >= 0.6 is 0 Å². The number of amides is 4. The first-order chi connectivity index (χ1) is 17.0. The van der Waals surface area contributed by atoms with Gasteiger partial charge in [-0.2, -0.15) is 0 Å². The van der Waals surface area contributed by atoms with Crippen LogP contribution in [-0.4, -0.2) is 102 Å². The number of anilines is 1. The summed E-state index contributed by atoms with van der Waals surface area (Å²) in [6.45, 7) is 6.80. The molecular formula is C26H39N5O4. The van der Waals surface area contributed by atoms with Gasteiger partial charge in [0.05, 0.1) is 18.4 Å². The number of likely N-dealkylation sites (tertiary alicyclic amines) is 1. The van der Waals surface area contributed by atoms with Gasteiger partial charge in [-0.3, -0.25) is 0 Å². The van der Waals surface area contributed by atoms with Gasteiger partial charge in [0.15, 0.2) is 0 Å². The molecule has 5 rings (SSSR count). The molecule has 4 saturated heterocycles. The highest BCUT2D eigenvalue weighted by Crippen LogP contribution is 2.36. The van der Waals surface area contributed by atoms with Crippen LogP contribution in [0.5, 0.6) is 5.75 Å². The van der Waals surface area contributed by atoms with Crippen LogP contribution in [0.25, 0.3) is 0 Å². The summed E-state index contributed by atoms with van der Waals surface area (Å²) < 4.78 is 5.79. The highest BCUT2D eigenvalue weighted by molar-refractivity contribution is 5.77. The van der Waals surface area contributed by atoms with Crippen LogP contribution in [0.2, 0.25) is 0 Å². The maximum absolute atomic E-state index is 13.3. The maximum atomic E-state index is 13.3. The van der Waals surface area contributed by atoms with Crippen molar-refractivity contribution in [3.63, 3.8) is 0 Å². The Morgan fingerprint density at radius 3 is 2.43 bits per heavy atom. The van der Waals surface area contributed by atoms with Crippen LogP contribution in [0.15, 0.2) is 24.3 Å². The number of piperazine rings is 1. The number of fused-ring (bicyclic) bond motifs is 2. The zero-order valence-electron chi connectivity index (χ0n) is 20.8. The number of urea groups is 2. The zero-order valence-corrected chi connectivity index (χ0v) is 20.8. The molecule has 2 N–H and O–H groups in total. The Labute approximate surface area is 208 Å². The number of hydrogen-bond acceptors (Lipinski definition) is 5. The van der Waals surface area contributed by atoms with Gasteiger partial charge in [-0.1, -0.05) is 12.1 Å². The Morgan fingerprint density at radius 2 is 1.71 bits per heavy atom. The van der Waals surface area contributed by atoms with Crippen LogP contribution in [0.3, 0.4) is 0 Å². The van der Waals surface area contributed by atoms with Crippen molar-refractivity contribution in [3.8, 4) is 5.75 Å². The van der Waals surface area contributed by atoms with Gasteiger partial charge < -0.3 is 34.8 Å². The van der Waals surface area contributed by atoms with E-state index in [-0.39, 0.29) is 36.3 Å². The second kappa shape index (κ2) is 10.5. The Kier molecular flexibility index (Phi) is 7.22. The van der Waals surface area contributed by atoms with E-state index in [1.165, 1.54) is 0 Å². The number of aliphatic hydroxyl groups is 1. The molecular weight excluding hydrogens is 446 g/mol. The number of piperidine rings is 2. The average molecular weight is 486 g/mol. The minimum Gasteiger partial charge on any atom is -0.492 e. The third kappa shape index (κ3) is 5.15. The van der Waals surface area contributed by atoms with E-state index in [9.17, 15) is 14.7 Å². The fraction of sp³-hybridized carbons (Fsp3) is 0.692. The minimum atomic E-state index is -0.285. The second-order valence-corrected chi connectivity index (χ2v) is 10.3. The average Bonchev–Trinajstić information content (AvgIpc) is 3.15. The van der Waals surface area contributed by atoms with Crippen molar-refractivity contribution in [2.45, 2.75) is 69.7 Å². The summed E-state index contributed by atoms with van der Waals surface area (Å²) in [5.41, 5.74) is 1.08. The van der Waals surface area contributed by atoms with Gasteiger partial charge in [0.2, 0.25) is 0 Å². The Hall–Kier alpha value is -2.68. The molecule has 1 unspecified atom stereocenters. The van der Waals surface area contributed by atoms with Gasteiger partial charge in [0.25, 0.3) is 0 Å². The molecule has 4 aliphatic rings. The van der Waals surface area contributed by atoms with Crippen molar-refractivity contribution in [3.05, 3.63) is 24.3 Å². The number of rotatable bonds is 4. The summed E-state index contributed by atoms with van der Waals surface area (Å²) in [6.07, 6.45) is 4.82. The molecule has 35 heavy (non-hydrogen) atoms. The molecule has 192 valence electrons. The Bertz CT molecular complexity index is 891. The molecule has 4 atom stereocenters. The molecule has 4 amide bonds. The molecule has 0 aromatic heterocycles.